The Morgan fingerprint density at radius 1 is 1.39 bits per heavy atom. The van der Waals surface area contributed by atoms with Gasteiger partial charge < -0.3 is 15.4 Å². The number of anilines is 1. The zero-order chi connectivity index (χ0) is 12.4. The Balaban J connectivity index is 1.72. The Bertz CT molecular complexity index is 561. The van der Waals surface area contributed by atoms with Gasteiger partial charge in [0.05, 0.1) is 6.61 Å². The van der Waals surface area contributed by atoms with Crippen molar-refractivity contribution in [2.24, 2.45) is 0 Å². The molecule has 1 amide bonds. The Kier molecular flexibility index (Phi) is 2.91. The van der Waals surface area contributed by atoms with Crippen LogP contribution in [0.15, 0.2) is 18.2 Å². The maximum absolute atomic E-state index is 11.9. The number of amides is 1. The second-order valence-electron chi connectivity index (χ2n) is 4.08. The number of hydrogen-bond acceptors (Lipinski definition) is 5. The summed E-state index contributed by atoms with van der Waals surface area (Å²) in [5.74, 6) is -0.148. The summed E-state index contributed by atoms with van der Waals surface area (Å²) in [6.45, 7) is 1.88. The average Bonchev–Trinajstić information content (AvgIpc) is 2.87. The van der Waals surface area contributed by atoms with Crippen LogP contribution in [0.5, 0.6) is 0 Å². The molecule has 94 valence electrons. The van der Waals surface area contributed by atoms with Gasteiger partial charge in [-0.1, -0.05) is 0 Å². The van der Waals surface area contributed by atoms with Gasteiger partial charge in [0.1, 0.15) is 17.1 Å². The maximum Gasteiger partial charge on any atom is 0.254 e. The molecule has 2 heterocycles. The van der Waals surface area contributed by atoms with Crippen LogP contribution in [0.4, 0.5) is 5.69 Å². The highest BCUT2D eigenvalue weighted by Gasteiger charge is 2.21. The largest absolute Gasteiger partial charge is 0.366 e. The summed E-state index contributed by atoms with van der Waals surface area (Å²) < 4.78 is 5.38. The van der Waals surface area contributed by atoms with Crippen molar-refractivity contribution in [3.05, 3.63) is 18.2 Å². The van der Waals surface area contributed by atoms with Crippen molar-refractivity contribution < 1.29 is 9.53 Å². The number of fused-ring (bicyclic) bond motifs is 1. The lowest BCUT2D eigenvalue weighted by atomic mass is 10.2. The Morgan fingerprint density at radius 3 is 3.11 bits per heavy atom. The first-order valence-electron chi connectivity index (χ1n) is 5.76. The molecule has 1 atom stereocenters. The van der Waals surface area contributed by atoms with Gasteiger partial charge in [0.2, 0.25) is 0 Å². The molecule has 2 aromatic rings. The van der Waals surface area contributed by atoms with E-state index in [-0.39, 0.29) is 5.91 Å². The van der Waals surface area contributed by atoms with Gasteiger partial charge in [-0.3, -0.25) is 4.79 Å². The number of hydrogen-bond donors (Lipinski definition) is 3. The van der Waals surface area contributed by atoms with Gasteiger partial charge in [-0.2, -0.15) is 15.4 Å². The summed E-state index contributed by atoms with van der Waals surface area (Å²) in [5, 5.41) is 16.4. The van der Waals surface area contributed by atoms with E-state index in [4.69, 9.17) is 4.74 Å². The topological polar surface area (TPSA) is 91.9 Å². The maximum atomic E-state index is 11.9. The van der Waals surface area contributed by atoms with Crippen LogP contribution in [0, 0.1) is 0 Å². The van der Waals surface area contributed by atoms with E-state index >= 15 is 0 Å². The van der Waals surface area contributed by atoms with E-state index in [1.165, 1.54) is 0 Å². The number of rotatable bonds is 2. The summed E-state index contributed by atoms with van der Waals surface area (Å²) in [6.07, 6.45) is -0.438. The molecule has 1 saturated heterocycles. The third-order valence-corrected chi connectivity index (χ3v) is 2.80. The minimum absolute atomic E-state index is 0.148. The summed E-state index contributed by atoms with van der Waals surface area (Å²) in [4.78, 5) is 11.9. The van der Waals surface area contributed by atoms with E-state index in [1.54, 1.807) is 18.2 Å². The van der Waals surface area contributed by atoms with Crippen molar-refractivity contribution >= 4 is 22.6 Å². The third-order valence-electron chi connectivity index (χ3n) is 2.80. The first kappa shape index (κ1) is 11.1. The molecule has 0 saturated carbocycles. The molecular formula is C11H13N5O2. The molecule has 1 aromatic heterocycles. The van der Waals surface area contributed by atoms with E-state index in [1.807, 2.05) is 0 Å². The highest BCUT2D eigenvalue weighted by molar-refractivity contribution is 5.95. The molecule has 0 bridgehead atoms. The molecule has 1 unspecified atom stereocenters. The van der Waals surface area contributed by atoms with Crippen molar-refractivity contribution in [2.45, 2.75) is 6.10 Å². The monoisotopic (exact) mass is 247 g/mol. The van der Waals surface area contributed by atoms with Gasteiger partial charge in [-0.25, -0.2) is 0 Å². The lowest BCUT2D eigenvalue weighted by molar-refractivity contribution is -0.128. The number of ether oxygens (including phenoxy) is 1. The van der Waals surface area contributed by atoms with Gasteiger partial charge in [-0.15, -0.1) is 0 Å². The first-order valence-corrected chi connectivity index (χ1v) is 5.76. The van der Waals surface area contributed by atoms with Crippen LogP contribution in [-0.2, 0) is 9.53 Å². The zero-order valence-corrected chi connectivity index (χ0v) is 9.64. The van der Waals surface area contributed by atoms with E-state index in [9.17, 15) is 4.79 Å². The Morgan fingerprint density at radius 2 is 2.28 bits per heavy atom. The predicted molar refractivity (Wildman–Crippen MR) is 65.1 cm³/mol. The van der Waals surface area contributed by atoms with E-state index in [2.05, 4.69) is 26.0 Å². The quantitative estimate of drug-likeness (QED) is 0.688. The van der Waals surface area contributed by atoms with Crippen molar-refractivity contribution in [1.29, 1.82) is 0 Å². The smallest absolute Gasteiger partial charge is 0.254 e. The third kappa shape index (κ3) is 2.18. The zero-order valence-electron chi connectivity index (χ0n) is 9.64. The number of aromatic amines is 1. The second-order valence-corrected chi connectivity index (χ2v) is 4.08. The molecule has 1 fully saturated rings. The molecule has 18 heavy (non-hydrogen) atoms. The van der Waals surface area contributed by atoms with E-state index in [0.29, 0.717) is 18.8 Å². The highest BCUT2D eigenvalue weighted by atomic mass is 16.5. The summed E-state index contributed by atoms with van der Waals surface area (Å²) in [6, 6.07) is 5.36. The van der Waals surface area contributed by atoms with Crippen molar-refractivity contribution in [3.63, 3.8) is 0 Å². The molecule has 7 heteroatoms. The predicted octanol–water partition coefficient (Wildman–Crippen LogP) is -0.115. The fraction of sp³-hybridized carbons (Fsp3) is 0.364. The standard InChI is InChI=1S/C11H13N5O2/c17-11(10-6-12-3-4-18-10)13-7-1-2-8-9(5-7)15-16-14-8/h1-2,5,10,12H,3-4,6H2,(H,13,17)(H,14,15,16). The number of benzene rings is 1. The molecule has 0 radical (unpaired) electrons. The lowest BCUT2D eigenvalue weighted by Gasteiger charge is -2.22. The minimum Gasteiger partial charge on any atom is -0.366 e. The minimum atomic E-state index is -0.438. The molecule has 0 aliphatic carbocycles. The SMILES string of the molecule is O=C(Nc1ccc2n[nH]nc2c1)C1CNCCO1. The van der Waals surface area contributed by atoms with Gasteiger partial charge in [0.25, 0.3) is 5.91 Å². The van der Waals surface area contributed by atoms with E-state index < -0.39 is 6.10 Å². The molecule has 1 aliphatic heterocycles. The lowest BCUT2D eigenvalue weighted by Crippen LogP contribution is -2.45. The van der Waals surface area contributed by atoms with Crippen LogP contribution in [0.3, 0.4) is 0 Å². The first-order chi connectivity index (χ1) is 8.83. The fourth-order valence-electron chi connectivity index (χ4n) is 1.87. The molecule has 3 N–H and O–H groups in total. The second kappa shape index (κ2) is 4.71. The van der Waals surface area contributed by atoms with Crippen molar-refractivity contribution in [2.75, 3.05) is 25.0 Å². The Hall–Kier alpha value is -1.99. The van der Waals surface area contributed by atoms with E-state index in [0.717, 1.165) is 17.6 Å². The van der Waals surface area contributed by atoms with Gasteiger partial charge >= 0.3 is 0 Å². The fourth-order valence-corrected chi connectivity index (χ4v) is 1.87. The molecule has 1 aliphatic rings. The van der Waals surface area contributed by atoms with Crippen LogP contribution >= 0.6 is 0 Å². The number of carbonyl (C=O) groups excluding carboxylic acids is 1. The molecule has 3 rings (SSSR count). The molecule has 0 spiro atoms. The van der Waals surface area contributed by atoms with Gasteiger partial charge in [0, 0.05) is 18.8 Å². The van der Waals surface area contributed by atoms with Crippen LogP contribution in [0.2, 0.25) is 0 Å². The number of nitrogens with one attached hydrogen (secondary N) is 3. The molecule has 7 nitrogen and oxygen atoms in total. The van der Waals surface area contributed by atoms with Crippen LogP contribution in [-0.4, -0.2) is 47.1 Å². The van der Waals surface area contributed by atoms with Crippen LogP contribution < -0.4 is 10.6 Å². The Labute approximate surface area is 103 Å². The number of nitrogens with zero attached hydrogens (tertiary/aromatic N) is 2. The highest BCUT2D eigenvalue weighted by Crippen LogP contribution is 2.15. The number of aromatic nitrogens is 3. The van der Waals surface area contributed by atoms with Gasteiger partial charge in [-0.05, 0) is 18.2 Å². The van der Waals surface area contributed by atoms with Crippen molar-refractivity contribution in [1.82, 2.24) is 20.7 Å². The summed E-state index contributed by atoms with van der Waals surface area (Å²) >= 11 is 0. The number of morpholine rings is 1. The number of carbonyl (C=O) groups is 1. The molecular weight excluding hydrogens is 234 g/mol. The van der Waals surface area contributed by atoms with Crippen molar-refractivity contribution in [3.8, 4) is 0 Å². The summed E-state index contributed by atoms with van der Waals surface area (Å²) in [5.41, 5.74) is 2.18. The van der Waals surface area contributed by atoms with Crippen LogP contribution in [0.1, 0.15) is 0 Å². The normalized spacial score (nSPS) is 19.9. The van der Waals surface area contributed by atoms with Gasteiger partial charge in [0.15, 0.2) is 0 Å². The summed E-state index contributed by atoms with van der Waals surface area (Å²) in [7, 11) is 0. The molecule has 1 aromatic carbocycles. The average molecular weight is 247 g/mol. The number of H-pyrrole nitrogens is 1. The van der Waals surface area contributed by atoms with Crippen LogP contribution in [0.25, 0.3) is 11.0 Å².